The molecule has 1 saturated heterocycles. The second-order valence-electron chi connectivity index (χ2n) is 6.21. The second kappa shape index (κ2) is 6.23. The van der Waals surface area contributed by atoms with E-state index in [0.29, 0.717) is 12.5 Å². The average molecular weight is 267 g/mol. The first-order chi connectivity index (χ1) is 9.15. The summed E-state index contributed by atoms with van der Waals surface area (Å²) in [4.78, 5) is 16.9. The molecule has 0 spiro atoms. The van der Waals surface area contributed by atoms with Crippen LogP contribution in [0.15, 0.2) is 0 Å². The maximum absolute atomic E-state index is 12.4. The molecule has 1 aliphatic heterocycles. The molecule has 0 radical (unpaired) electrons. The molecule has 110 valence electrons. The lowest BCUT2D eigenvalue weighted by Gasteiger charge is -2.36. The van der Waals surface area contributed by atoms with E-state index in [1.807, 2.05) is 0 Å². The van der Waals surface area contributed by atoms with Crippen molar-refractivity contribution in [2.45, 2.75) is 39.5 Å². The van der Waals surface area contributed by atoms with Crippen LogP contribution in [0.25, 0.3) is 0 Å². The predicted molar refractivity (Wildman–Crippen MR) is 77.8 cm³/mol. The van der Waals surface area contributed by atoms with Crippen LogP contribution >= 0.6 is 0 Å². The summed E-state index contributed by atoms with van der Waals surface area (Å²) in [7, 11) is 0. The molecule has 1 aliphatic carbocycles. The highest BCUT2D eigenvalue weighted by Gasteiger charge is 2.50. The van der Waals surface area contributed by atoms with Gasteiger partial charge in [-0.15, -0.1) is 0 Å². The van der Waals surface area contributed by atoms with E-state index in [0.717, 1.165) is 57.8 Å². The summed E-state index contributed by atoms with van der Waals surface area (Å²) in [5, 5.41) is 0. The van der Waals surface area contributed by atoms with Crippen molar-refractivity contribution in [2.24, 2.45) is 17.1 Å². The van der Waals surface area contributed by atoms with E-state index in [1.54, 1.807) is 0 Å². The van der Waals surface area contributed by atoms with Gasteiger partial charge in [-0.1, -0.05) is 13.8 Å². The van der Waals surface area contributed by atoms with Crippen LogP contribution in [-0.4, -0.2) is 55.0 Å². The first kappa shape index (κ1) is 14.8. The van der Waals surface area contributed by atoms with Crippen molar-refractivity contribution in [3.8, 4) is 0 Å². The number of likely N-dealkylation sites (tertiary alicyclic amines) is 1. The lowest BCUT2D eigenvalue weighted by atomic mass is 9.94. The first-order valence-electron chi connectivity index (χ1n) is 7.87. The van der Waals surface area contributed by atoms with E-state index in [-0.39, 0.29) is 5.41 Å². The number of carbonyl (C=O) groups excluding carboxylic acids is 1. The fourth-order valence-electron chi connectivity index (χ4n) is 3.16. The van der Waals surface area contributed by atoms with Gasteiger partial charge in [0.15, 0.2) is 0 Å². The average Bonchev–Trinajstić information content (AvgIpc) is 3.26. The van der Waals surface area contributed by atoms with Crippen LogP contribution in [0, 0.1) is 11.3 Å². The van der Waals surface area contributed by atoms with Gasteiger partial charge in [0, 0.05) is 26.2 Å². The predicted octanol–water partition coefficient (Wildman–Crippen LogP) is 1.31. The zero-order valence-electron chi connectivity index (χ0n) is 12.5. The van der Waals surface area contributed by atoms with Crippen molar-refractivity contribution >= 4 is 5.91 Å². The molecule has 2 rings (SSSR count). The minimum atomic E-state index is -0.161. The number of hydrogen-bond acceptors (Lipinski definition) is 3. The van der Waals surface area contributed by atoms with Gasteiger partial charge in [-0.3, -0.25) is 4.79 Å². The first-order valence-corrected chi connectivity index (χ1v) is 7.87. The van der Waals surface area contributed by atoms with Gasteiger partial charge in [0.25, 0.3) is 0 Å². The molecule has 2 aliphatic rings. The van der Waals surface area contributed by atoms with Crippen LogP contribution in [0.5, 0.6) is 0 Å². The molecular formula is C15H29N3O. The van der Waals surface area contributed by atoms with E-state index < -0.39 is 0 Å². The van der Waals surface area contributed by atoms with Gasteiger partial charge in [0.1, 0.15) is 0 Å². The van der Waals surface area contributed by atoms with Crippen LogP contribution in [0.3, 0.4) is 0 Å². The van der Waals surface area contributed by atoms with Crippen molar-refractivity contribution in [1.82, 2.24) is 9.80 Å². The fraction of sp³-hybridized carbons (Fsp3) is 0.933. The molecular weight excluding hydrogens is 238 g/mol. The van der Waals surface area contributed by atoms with Crippen LogP contribution in [0.1, 0.15) is 39.5 Å². The molecule has 4 heteroatoms. The van der Waals surface area contributed by atoms with Gasteiger partial charge in [-0.05, 0) is 44.7 Å². The molecule has 4 nitrogen and oxygen atoms in total. The number of amides is 1. The maximum atomic E-state index is 12.4. The Bertz CT molecular complexity index is 303. The van der Waals surface area contributed by atoms with Crippen molar-refractivity contribution < 1.29 is 4.79 Å². The minimum Gasteiger partial charge on any atom is -0.342 e. The Morgan fingerprint density at radius 1 is 1.26 bits per heavy atom. The highest BCUT2D eigenvalue weighted by molar-refractivity contribution is 5.85. The molecule has 0 aromatic carbocycles. The van der Waals surface area contributed by atoms with Gasteiger partial charge < -0.3 is 15.5 Å². The lowest BCUT2D eigenvalue weighted by Crippen LogP contribution is -2.46. The van der Waals surface area contributed by atoms with Crippen LogP contribution in [0.2, 0.25) is 0 Å². The zero-order chi connectivity index (χ0) is 13.9. The summed E-state index contributed by atoms with van der Waals surface area (Å²) in [5.74, 6) is 1.09. The summed E-state index contributed by atoms with van der Waals surface area (Å²) in [5.41, 5.74) is 5.59. The van der Waals surface area contributed by atoms with E-state index in [4.69, 9.17) is 5.73 Å². The van der Waals surface area contributed by atoms with E-state index in [9.17, 15) is 4.79 Å². The SMILES string of the molecule is CCN(CC)CC1CCN(C(=O)C2(CN)CC2)CC1. The number of nitrogens with two attached hydrogens (primary N) is 1. The topological polar surface area (TPSA) is 49.6 Å². The van der Waals surface area contributed by atoms with Gasteiger partial charge in [-0.25, -0.2) is 0 Å². The fourth-order valence-corrected chi connectivity index (χ4v) is 3.16. The van der Waals surface area contributed by atoms with Crippen molar-refractivity contribution in [3.05, 3.63) is 0 Å². The Hall–Kier alpha value is -0.610. The van der Waals surface area contributed by atoms with Crippen LogP contribution in [0.4, 0.5) is 0 Å². The molecule has 1 amide bonds. The monoisotopic (exact) mass is 267 g/mol. The third-order valence-corrected chi connectivity index (χ3v) is 5.01. The van der Waals surface area contributed by atoms with Crippen molar-refractivity contribution in [2.75, 3.05) is 39.3 Å². The zero-order valence-corrected chi connectivity index (χ0v) is 12.5. The van der Waals surface area contributed by atoms with E-state index in [2.05, 4.69) is 23.6 Å². The Balaban J connectivity index is 1.78. The molecule has 1 saturated carbocycles. The molecule has 1 heterocycles. The van der Waals surface area contributed by atoms with Crippen molar-refractivity contribution in [3.63, 3.8) is 0 Å². The Labute approximate surface area is 117 Å². The molecule has 0 aromatic heterocycles. The number of carbonyl (C=O) groups is 1. The van der Waals surface area contributed by atoms with Gasteiger partial charge >= 0.3 is 0 Å². The van der Waals surface area contributed by atoms with Gasteiger partial charge in [-0.2, -0.15) is 0 Å². The third-order valence-electron chi connectivity index (χ3n) is 5.01. The Morgan fingerprint density at radius 2 is 1.84 bits per heavy atom. The van der Waals surface area contributed by atoms with E-state index in [1.165, 1.54) is 6.54 Å². The number of nitrogens with zero attached hydrogens (tertiary/aromatic N) is 2. The van der Waals surface area contributed by atoms with E-state index >= 15 is 0 Å². The Morgan fingerprint density at radius 3 is 2.26 bits per heavy atom. The summed E-state index contributed by atoms with van der Waals surface area (Å²) in [6, 6.07) is 0. The lowest BCUT2D eigenvalue weighted by molar-refractivity contribution is -0.138. The number of hydrogen-bond donors (Lipinski definition) is 1. The summed E-state index contributed by atoms with van der Waals surface area (Å²) in [6.45, 7) is 10.3. The molecule has 0 atom stereocenters. The number of rotatable bonds is 6. The molecule has 2 fully saturated rings. The standard InChI is InChI=1S/C15H29N3O/c1-3-17(4-2)11-13-5-9-18(10-6-13)14(19)15(12-16)7-8-15/h13H,3-12,16H2,1-2H3. The molecule has 0 bridgehead atoms. The quantitative estimate of drug-likeness (QED) is 0.789. The van der Waals surface area contributed by atoms with Gasteiger partial charge in [0.05, 0.1) is 5.41 Å². The maximum Gasteiger partial charge on any atom is 0.230 e. The van der Waals surface area contributed by atoms with Crippen molar-refractivity contribution in [1.29, 1.82) is 0 Å². The van der Waals surface area contributed by atoms with Gasteiger partial charge in [0.2, 0.25) is 5.91 Å². The summed E-state index contributed by atoms with van der Waals surface area (Å²) in [6.07, 6.45) is 4.31. The summed E-state index contributed by atoms with van der Waals surface area (Å²) < 4.78 is 0. The molecule has 0 aromatic rings. The summed E-state index contributed by atoms with van der Waals surface area (Å²) >= 11 is 0. The van der Waals surface area contributed by atoms with Crippen LogP contribution in [-0.2, 0) is 4.79 Å². The Kier molecular flexibility index (Phi) is 4.85. The highest BCUT2D eigenvalue weighted by atomic mass is 16.2. The molecule has 19 heavy (non-hydrogen) atoms. The van der Waals surface area contributed by atoms with Crippen LogP contribution < -0.4 is 5.73 Å². The smallest absolute Gasteiger partial charge is 0.230 e. The largest absolute Gasteiger partial charge is 0.342 e. The third kappa shape index (κ3) is 3.29. The minimum absolute atomic E-state index is 0.161. The number of piperidine rings is 1. The highest BCUT2D eigenvalue weighted by Crippen LogP contribution is 2.46. The molecule has 0 unspecified atom stereocenters. The second-order valence-corrected chi connectivity index (χ2v) is 6.21. The normalized spacial score (nSPS) is 22.8. The molecule has 2 N–H and O–H groups in total.